The second kappa shape index (κ2) is 25.4. The smallest absolute Gasteiger partial charge is 0.327 e. The second-order valence-electron chi connectivity index (χ2n) is 15.2. The molecule has 2 aromatic rings. The third-order valence-electron chi connectivity index (χ3n) is 10.3. The molecule has 0 aliphatic heterocycles. The molecular formula is C42H54N6O14S. The molecule has 0 radical (unpaired) electrons. The van der Waals surface area contributed by atoms with Crippen molar-refractivity contribution in [1.82, 2.24) is 31.9 Å². The fraction of sp³-hybridized carbons (Fsp3) is 0.476. The number of carboxylic acids is 4. The summed E-state index contributed by atoms with van der Waals surface area (Å²) in [6.45, 7) is 1.02. The van der Waals surface area contributed by atoms with Gasteiger partial charge in [-0.15, -0.1) is 0 Å². The third kappa shape index (κ3) is 17.1. The zero-order valence-electron chi connectivity index (χ0n) is 34.5. The lowest BCUT2D eigenvalue weighted by Gasteiger charge is -2.32. The van der Waals surface area contributed by atoms with Crippen molar-refractivity contribution in [2.24, 2.45) is 5.92 Å². The summed E-state index contributed by atoms with van der Waals surface area (Å²) >= 11 is 3.99. The highest BCUT2D eigenvalue weighted by Crippen LogP contribution is 2.30. The largest absolute Gasteiger partial charge is 0.481 e. The van der Waals surface area contributed by atoms with Crippen molar-refractivity contribution >= 4 is 71.9 Å². The molecule has 1 aliphatic carbocycles. The number of carbonyl (C=O) groups is 10. The van der Waals surface area contributed by atoms with Gasteiger partial charge in [0.15, 0.2) is 0 Å². The fourth-order valence-electron chi connectivity index (χ4n) is 7.25. The molecular weight excluding hydrogens is 845 g/mol. The molecule has 0 saturated heterocycles. The standard InChI is InChI=1S/C42H54N6O14S/c1-23(49)43-29(20-33(52)53)39(58)44-27(17-18-32(50)51)37(56)48-36(35(25-13-7-3-8-14-25)26-15-9-4-10-16-26)41(60)46-30(21-34(54)55)40(59)45-28(19-24-11-5-2-6-12-24)38(57)47-31(22-63)42(61)62/h3-4,7-10,13-16,24,27-31,35-36,63H,2,5-6,11-12,17-22H2,1H3,(H,43,49)(H,44,58)(H,45,59)(H,46,60)(H,47,57)(H,48,56)(H,50,51)(H,52,53)(H,54,55)(H,61,62)/t27-,28-,29-,30-,31-,36-/m0/s1. The number of carboxylic acid groups (broad SMARTS) is 4. The van der Waals surface area contributed by atoms with Crippen LogP contribution in [0.3, 0.4) is 0 Å². The van der Waals surface area contributed by atoms with Crippen molar-refractivity contribution in [1.29, 1.82) is 0 Å². The Morgan fingerprint density at radius 1 is 0.556 bits per heavy atom. The van der Waals surface area contributed by atoms with E-state index in [4.69, 9.17) is 0 Å². The summed E-state index contributed by atoms with van der Waals surface area (Å²) in [7, 11) is 0. The van der Waals surface area contributed by atoms with E-state index in [0.29, 0.717) is 24.0 Å². The van der Waals surface area contributed by atoms with Crippen LogP contribution in [0.25, 0.3) is 0 Å². The van der Waals surface area contributed by atoms with Gasteiger partial charge >= 0.3 is 23.9 Å². The summed E-state index contributed by atoms with van der Waals surface area (Å²) in [5, 5.41) is 52.6. The number of nitrogens with one attached hydrogen (secondary N) is 6. The van der Waals surface area contributed by atoms with E-state index in [2.05, 4.69) is 44.5 Å². The molecule has 0 unspecified atom stereocenters. The summed E-state index contributed by atoms with van der Waals surface area (Å²) in [5.74, 6) is -13.4. The monoisotopic (exact) mass is 898 g/mol. The van der Waals surface area contributed by atoms with Gasteiger partial charge in [-0.3, -0.25) is 43.2 Å². The van der Waals surface area contributed by atoms with Crippen LogP contribution in [0.5, 0.6) is 0 Å². The van der Waals surface area contributed by atoms with Crippen LogP contribution >= 0.6 is 12.6 Å². The zero-order valence-corrected chi connectivity index (χ0v) is 35.4. The van der Waals surface area contributed by atoms with E-state index in [1.165, 1.54) is 0 Å². The van der Waals surface area contributed by atoms with E-state index >= 15 is 0 Å². The number of thiol groups is 1. The van der Waals surface area contributed by atoms with Crippen LogP contribution in [0, 0.1) is 5.92 Å². The number of carbonyl (C=O) groups excluding carboxylic acids is 6. The third-order valence-corrected chi connectivity index (χ3v) is 10.7. The minimum Gasteiger partial charge on any atom is -0.481 e. The van der Waals surface area contributed by atoms with E-state index in [1.807, 2.05) is 0 Å². The van der Waals surface area contributed by atoms with Crippen molar-refractivity contribution in [3.05, 3.63) is 71.8 Å². The molecule has 0 bridgehead atoms. The van der Waals surface area contributed by atoms with E-state index in [0.717, 1.165) is 26.2 Å². The van der Waals surface area contributed by atoms with Crippen molar-refractivity contribution in [3.63, 3.8) is 0 Å². The highest BCUT2D eigenvalue weighted by Gasteiger charge is 2.39. The second-order valence-corrected chi connectivity index (χ2v) is 15.5. The van der Waals surface area contributed by atoms with Crippen LogP contribution in [-0.4, -0.2) is 122 Å². The lowest BCUT2D eigenvalue weighted by Crippen LogP contribution is -2.61. The Morgan fingerprint density at radius 3 is 1.46 bits per heavy atom. The quantitative estimate of drug-likeness (QED) is 0.0607. The maximum Gasteiger partial charge on any atom is 0.327 e. The first-order valence-electron chi connectivity index (χ1n) is 20.3. The topological polar surface area (TPSA) is 324 Å². The molecule has 20 nitrogen and oxygen atoms in total. The van der Waals surface area contributed by atoms with Crippen LogP contribution < -0.4 is 31.9 Å². The first kappa shape index (κ1) is 50.8. The van der Waals surface area contributed by atoms with E-state index in [1.54, 1.807) is 60.7 Å². The van der Waals surface area contributed by atoms with E-state index in [-0.39, 0.29) is 18.1 Å². The molecule has 1 aliphatic rings. The maximum absolute atomic E-state index is 14.7. The van der Waals surface area contributed by atoms with E-state index < -0.39 is 127 Å². The molecule has 342 valence electrons. The molecule has 1 fully saturated rings. The van der Waals surface area contributed by atoms with Gasteiger partial charge in [-0.25, -0.2) is 4.79 Å². The average molecular weight is 899 g/mol. The molecule has 6 amide bonds. The van der Waals surface area contributed by atoms with Gasteiger partial charge in [0, 0.05) is 25.0 Å². The van der Waals surface area contributed by atoms with Crippen LogP contribution in [0.4, 0.5) is 0 Å². The molecule has 1 saturated carbocycles. The van der Waals surface area contributed by atoms with Gasteiger partial charge in [0.25, 0.3) is 0 Å². The lowest BCUT2D eigenvalue weighted by atomic mass is 9.84. The summed E-state index contributed by atoms with van der Waals surface area (Å²) in [6.07, 6.45) is 0.990. The first-order valence-corrected chi connectivity index (χ1v) is 20.9. The molecule has 0 aromatic heterocycles. The number of hydrogen-bond donors (Lipinski definition) is 11. The molecule has 21 heteroatoms. The van der Waals surface area contributed by atoms with Gasteiger partial charge < -0.3 is 52.3 Å². The van der Waals surface area contributed by atoms with Gasteiger partial charge in [0.2, 0.25) is 35.4 Å². The Kier molecular flexibility index (Phi) is 20.5. The van der Waals surface area contributed by atoms with Crippen LogP contribution in [0.1, 0.15) is 88.2 Å². The summed E-state index contributed by atoms with van der Waals surface area (Å²) in [4.78, 5) is 129. The molecule has 0 spiro atoms. The molecule has 3 rings (SSSR count). The lowest BCUT2D eigenvalue weighted by molar-refractivity contribution is -0.143. The Morgan fingerprint density at radius 2 is 1.00 bits per heavy atom. The predicted octanol–water partition coefficient (Wildman–Crippen LogP) is 0.546. The number of hydrogen-bond acceptors (Lipinski definition) is 11. The number of rotatable bonds is 25. The summed E-state index contributed by atoms with van der Waals surface area (Å²) in [5.41, 5.74) is 0.867. The molecule has 2 aromatic carbocycles. The normalized spacial score (nSPS) is 15.5. The van der Waals surface area contributed by atoms with Crippen molar-refractivity contribution in [2.75, 3.05) is 5.75 Å². The Labute approximate surface area is 368 Å². The van der Waals surface area contributed by atoms with E-state index in [9.17, 15) is 68.4 Å². The van der Waals surface area contributed by atoms with Crippen molar-refractivity contribution < 1.29 is 68.4 Å². The predicted molar refractivity (Wildman–Crippen MR) is 226 cm³/mol. The summed E-state index contributed by atoms with van der Waals surface area (Å²) < 4.78 is 0. The summed E-state index contributed by atoms with van der Waals surface area (Å²) in [6, 6.07) is 6.61. The number of aliphatic carboxylic acids is 4. The average Bonchev–Trinajstić information content (AvgIpc) is 3.23. The van der Waals surface area contributed by atoms with Crippen molar-refractivity contribution in [2.45, 2.75) is 113 Å². The fourth-order valence-corrected chi connectivity index (χ4v) is 7.50. The number of amides is 6. The molecule has 6 atom stereocenters. The number of benzene rings is 2. The van der Waals surface area contributed by atoms with Crippen LogP contribution in [0.15, 0.2) is 60.7 Å². The molecule has 63 heavy (non-hydrogen) atoms. The maximum atomic E-state index is 14.7. The van der Waals surface area contributed by atoms with Gasteiger partial charge in [-0.1, -0.05) is 92.8 Å². The van der Waals surface area contributed by atoms with Gasteiger partial charge in [0.1, 0.15) is 36.3 Å². The zero-order chi connectivity index (χ0) is 46.6. The van der Waals surface area contributed by atoms with Crippen LogP contribution in [0.2, 0.25) is 0 Å². The van der Waals surface area contributed by atoms with Crippen LogP contribution in [-0.2, 0) is 47.9 Å². The highest BCUT2D eigenvalue weighted by molar-refractivity contribution is 7.80. The Bertz CT molecular complexity index is 1890. The van der Waals surface area contributed by atoms with Crippen molar-refractivity contribution in [3.8, 4) is 0 Å². The SMILES string of the molecule is CC(=O)N[C@@H](CC(=O)O)C(=O)N[C@@H](CCC(=O)O)C(=O)N[C@H](C(=O)N[C@@H](CC(=O)O)C(=O)N[C@@H](CC1CCCCC1)C(=O)N[C@@H](CS)C(=O)O)C(c1ccccc1)c1ccccc1. The molecule has 10 N–H and O–H groups in total. The minimum absolute atomic E-state index is 0.0501. The van der Waals surface area contributed by atoms with Gasteiger partial charge in [-0.2, -0.15) is 12.6 Å². The highest BCUT2D eigenvalue weighted by atomic mass is 32.1. The van der Waals surface area contributed by atoms with Gasteiger partial charge in [-0.05, 0) is 29.9 Å². The minimum atomic E-state index is -1.89. The Balaban J connectivity index is 2.09. The Hall–Kier alpha value is -6.51. The first-order chi connectivity index (χ1) is 29.9. The van der Waals surface area contributed by atoms with Gasteiger partial charge in [0.05, 0.1) is 12.8 Å². The molecule has 0 heterocycles.